The van der Waals surface area contributed by atoms with Gasteiger partial charge in [0.1, 0.15) is 5.49 Å². The lowest BCUT2D eigenvalue weighted by atomic mass is 9.97. The van der Waals surface area contributed by atoms with Gasteiger partial charge in [0.15, 0.2) is 11.5 Å². The minimum Gasteiger partial charge on any atom is -0.493 e. The zero-order valence-corrected chi connectivity index (χ0v) is 21.2. The predicted octanol–water partition coefficient (Wildman–Crippen LogP) is 5.05. The topological polar surface area (TPSA) is 57.8 Å². The fraction of sp³-hybridized carbons (Fsp3) is 0.385. The van der Waals surface area contributed by atoms with E-state index in [2.05, 4.69) is 32.9 Å². The van der Waals surface area contributed by atoms with Gasteiger partial charge in [-0.3, -0.25) is 9.13 Å². The summed E-state index contributed by atoms with van der Waals surface area (Å²) in [5.74, 6) is 1.35. The van der Waals surface area contributed by atoms with E-state index in [0.29, 0.717) is 23.5 Å². The van der Waals surface area contributed by atoms with E-state index in [9.17, 15) is 4.79 Å². The molecule has 4 rings (SSSR count). The van der Waals surface area contributed by atoms with Crippen molar-refractivity contribution in [3.63, 3.8) is 0 Å². The van der Waals surface area contributed by atoms with Crippen LogP contribution in [0.4, 0.5) is 5.69 Å². The first kappa shape index (κ1) is 24.6. The van der Waals surface area contributed by atoms with Crippen LogP contribution < -0.4 is 20.7 Å². The van der Waals surface area contributed by atoms with Crippen molar-refractivity contribution in [1.82, 2.24) is 9.13 Å². The molecule has 2 aromatic carbocycles. The summed E-state index contributed by atoms with van der Waals surface area (Å²) < 4.78 is 14.7. The highest BCUT2D eigenvalue weighted by Gasteiger charge is 2.23. The van der Waals surface area contributed by atoms with Gasteiger partial charge in [0, 0.05) is 24.2 Å². The highest BCUT2D eigenvalue weighted by molar-refractivity contribution is 5.85. The lowest BCUT2D eigenvalue weighted by Gasteiger charge is -2.25. The van der Waals surface area contributed by atoms with Gasteiger partial charge in [0.2, 0.25) is 0 Å². The fourth-order valence-corrected chi connectivity index (χ4v) is 4.67. The van der Waals surface area contributed by atoms with Gasteiger partial charge in [-0.2, -0.15) is 0 Å². The Morgan fingerprint density at radius 1 is 0.939 bits per heavy atom. The van der Waals surface area contributed by atoms with Crippen molar-refractivity contribution in [3.05, 3.63) is 68.6 Å². The highest BCUT2D eigenvalue weighted by atomic mass is 35.5. The monoisotopic (exact) mass is 469 g/mol. The number of aryl methyl sites for hydroxylation is 4. The molecule has 0 amide bonds. The molecule has 0 spiro atoms. The molecule has 0 saturated carbocycles. The number of hydrogen-bond donors (Lipinski definition) is 0. The quantitative estimate of drug-likeness (QED) is 0.537. The van der Waals surface area contributed by atoms with E-state index >= 15 is 0 Å². The van der Waals surface area contributed by atoms with Gasteiger partial charge < -0.3 is 9.47 Å². The van der Waals surface area contributed by atoms with Crippen LogP contribution in [0.15, 0.2) is 40.1 Å². The number of aromatic nitrogens is 2. The van der Waals surface area contributed by atoms with Crippen LogP contribution in [0.2, 0.25) is 0 Å². The lowest BCUT2D eigenvalue weighted by Crippen LogP contribution is -2.43. The minimum atomic E-state index is -0.0425. The Bertz CT molecular complexity index is 1310. The Hall–Kier alpha value is -2.99. The minimum absolute atomic E-state index is 0. The molecule has 2 heterocycles. The normalized spacial score (nSPS) is 12.8. The molecular formula is C26H32ClN3O3. The second-order valence-corrected chi connectivity index (χ2v) is 8.76. The summed E-state index contributed by atoms with van der Waals surface area (Å²) in [7, 11) is 3.27. The van der Waals surface area contributed by atoms with Crippen LogP contribution in [0.5, 0.6) is 11.5 Å². The molecular weight excluding hydrogens is 438 g/mol. The van der Waals surface area contributed by atoms with E-state index < -0.39 is 0 Å². The molecule has 6 nitrogen and oxygen atoms in total. The summed E-state index contributed by atoms with van der Waals surface area (Å²) in [4.78, 5) is 18.6. The lowest BCUT2D eigenvalue weighted by molar-refractivity contribution is 0.354. The molecule has 0 N–H and O–H groups in total. The molecule has 0 bridgehead atoms. The number of methoxy groups -OCH3 is 2. The molecule has 1 aliphatic heterocycles. The number of benzene rings is 2. The molecule has 0 unspecified atom stereocenters. The van der Waals surface area contributed by atoms with E-state index in [0.717, 1.165) is 40.1 Å². The Labute approximate surface area is 200 Å². The SMILES string of the molecule is COc1cc2c(cc1OC)-c1c/c(=N/c3c(C)cc(C)cc3C)n(C(C)C)c(=O)n1CC2.Cl. The van der Waals surface area contributed by atoms with Gasteiger partial charge in [-0.15, -0.1) is 12.4 Å². The van der Waals surface area contributed by atoms with Crippen LogP contribution in [-0.4, -0.2) is 23.4 Å². The van der Waals surface area contributed by atoms with E-state index in [1.165, 1.54) is 5.56 Å². The van der Waals surface area contributed by atoms with E-state index in [1.807, 2.05) is 36.6 Å². The van der Waals surface area contributed by atoms with E-state index in [1.54, 1.807) is 18.8 Å². The van der Waals surface area contributed by atoms with Gasteiger partial charge in [-0.05, 0) is 69.9 Å². The summed E-state index contributed by atoms with van der Waals surface area (Å²) in [6.07, 6.45) is 0.757. The fourth-order valence-electron chi connectivity index (χ4n) is 4.67. The van der Waals surface area contributed by atoms with Gasteiger partial charge in [-0.1, -0.05) is 17.7 Å². The second kappa shape index (κ2) is 9.48. The summed E-state index contributed by atoms with van der Waals surface area (Å²) in [5.41, 5.74) is 7.91. The van der Waals surface area contributed by atoms with Crippen LogP contribution in [0.1, 0.15) is 42.1 Å². The third kappa shape index (κ3) is 4.32. The smallest absolute Gasteiger partial charge is 0.330 e. The second-order valence-electron chi connectivity index (χ2n) is 8.76. The number of ether oxygens (including phenoxy) is 2. The third-order valence-electron chi connectivity index (χ3n) is 6.11. The average molecular weight is 470 g/mol. The van der Waals surface area contributed by atoms with E-state index in [-0.39, 0.29) is 24.1 Å². The molecule has 1 aliphatic rings. The first-order valence-corrected chi connectivity index (χ1v) is 11.0. The van der Waals surface area contributed by atoms with Crippen molar-refractivity contribution < 1.29 is 9.47 Å². The summed E-state index contributed by atoms with van der Waals surface area (Å²) in [6, 6.07) is 10.2. The molecule has 1 aromatic heterocycles. The molecule has 176 valence electrons. The standard InChI is InChI=1S/C26H31N3O3.ClH/c1-15(2)29-24(27-25-17(4)10-16(3)11-18(25)5)14-21-20-13-23(32-7)22(31-6)12-19(20)8-9-28(21)26(29)30;/h10-15H,8-9H2,1-7H3;1H/b27-24-;. The zero-order chi connectivity index (χ0) is 23.2. The molecule has 0 aliphatic carbocycles. The Morgan fingerprint density at radius 3 is 2.12 bits per heavy atom. The van der Waals surface area contributed by atoms with Gasteiger partial charge in [0.25, 0.3) is 0 Å². The Balaban J connectivity index is 0.00000306. The van der Waals surface area contributed by atoms with Crippen LogP contribution in [-0.2, 0) is 13.0 Å². The van der Waals surface area contributed by atoms with Crippen molar-refractivity contribution in [2.45, 2.75) is 53.6 Å². The third-order valence-corrected chi connectivity index (χ3v) is 6.11. The number of rotatable bonds is 4. The predicted molar refractivity (Wildman–Crippen MR) is 134 cm³/mol. The first-order valence-electron chi connectivity index (χ1n) is 11.0. The average Bonchev–Trinajstić information content (AvgIpc) is 2.74. The molecule has 0 saturated heterocycles. The van der Waals surface area contributed by atoms with Crippen LogP contribution >= 0.6 is 12.4 Å². The molecule has 3 aromatic rings. The van der Waals surface area contributed by atoms with Gasteiger partial charge in [-0.25, -0.2) is 9.79 Å². The van der Waals surface area contributed by atoms with Crippen LogP contribution in [0.3, 0.4) is 0 Å². The molecule has 33 heavy (non-hydrogen) atoms. The van der Waals surface area contributed by atoms with Crippen molar-refractivity contribution in [3.8, 4) is 22.8 Å². The van der Waals surface area contributed by atoms with Crippen LogP contribution in [0, 0.1) is 20.8 Å². The molecule has 0 radical (unpaired) electrons. The molecule has 7 heteroatoms. The van der Waals surface area contributed by atoms with Crippen molar-refractivity contribution in [2.75, 3.05) is 14.2 Å². The Kier molecular flexibility index (Phi) is 7.08. The van der Waals surface area contributed by atoms with Crippen molar-refractivity contribution in [2.24, 2.45) is 4.99 Å². The summed E-state index contributed by atoms with van der Waals surface area (Å²) >= 11 is 0. The number of hydrogen-bond acceptors (Lipinski definition) is 4. The first-order chi connectivity index (χ1) is 15.2. The van der Waals surface area contributed by atoms with E-state index in [4.69, 9.17) is 14.5 Å². The molecule has 0 atom stereocenters. The van der Waals surface area contributed by atoms with Crippen molar-refractivity contribution >= 4 is 18.1 Å². The largest absolute Gasteiger partial charge is 0.493 e. The number of halogens is 1. The zero-order valence-electron chi connectivity index (χ0n) is 20.4. The Morgan fingerprint density at radius 2 is 1.55 bits per heavy atom. The highest BCUT2D eigenvalue weighted by Crippen LogP contribution is 2.37. The maximum atomic E-state index is 13.6. The summed E-state index contributed by atoms with van der Waals surface area (Å²) in [6.45, 7) is 10.9. The maximum absolute atomic E-state index is 13.6. The van der Waals surface area contributed by atoms with Gasteiger partial charge >= 0.3 is 5.69 Å². The number of fused-ring (bicyclic) bond motifs is 3. The summed E-state index contributed by atoms with van der Waals surface area (Å²) in [5, 5.41) is 0. The maximum Gasteiger partial charge on any atom is 0.330 e. The van der Waals surface area contributed by atoms with Crippen molar-refractivity contribution in [1.29, 1.82) is 0 Å². The van der Waals surface area contributed by atoms with Gasteiger partial charge in [0.05, 0.1) is 25.6 Å². The molecule has 0 fully saturated rings. The van der Waals surface area contributed by atoms with Crippen LogP contribution in [0.25, 0.3) is 11.3 Å². The number of nitrogens with zero attached hydrogens (tertiary/aromatic N) is 3.